The van der Waals surface area contributed by atoms with Crippen LogP contribution in [0.25, 0.3) is 0 Å². The van der Waals surface area contributed by atoms with Crippen molar-refractivity contribution in [2.24, 2.45) is 11.8 Å². The Morgan fingerprint density at radius 2 is 1.70 bits per heavy atom. The first-order chi connectivity index (χ1) is 15.4. The van der Waals surface area contributed by atoms with Crippen LogP contribution in [-0.4, -0.2) is 54.5 Å². The molecule has 0 aromatic heterocycles. The summed E-state index contributed by atoms with van der Waals surface area (Å²) in [6.07, 6.45) is 3.13. The Morgan fingerprint density at radius 3 is 2.33 bits per heavy atom. The number of rotatable bonds is 5. The largest absolute Gasteiger partial charge is 0.460 e. The van der Waals surface area contributed by atoms with E-state index in [1.807, 2.05) is 41.5 Å². The predicted octanol–water partition coefficient (Wildman–Crippen LogP) is 5.34. The quantitative estimate of drug-likeness (QED) is 0.556. The van der Waals surface area contributed by atoms with Gasteiger partial charge in [0.15, 0.2) is 0 Å². The maximum absolute atomic E-state index is 13.3. The lowest BCUT2D eigenvalue weighted by Gasteiger charge is -2.28. The summed E-state index contributed by atoms with van der Waals surface area (Å²) in [5.74, 6) is 0.0588. The molecule has 2 fully saturated rings. The number of nitrogens with zero attached hydrogens (tertiary/aromatic N) is 1. The molecule has 6 nitrogen and oxygen atoms in total. The molecule has 0 bridgehead atoms. The van der Waals surface area contributed by atoms with Gasteiger partial charge < -0.3 is 19.1 Å². The van der Waals surface area contributed by atoms with E-state index in [0.29, 0.717) is 25.4 Å². The summed E-state index contributed by atoms with van der Waals surface area (Å²) < 4.78 is 16.9. The molecule has 6 heteroatoms. The molecular weight excluding hydrogens is 418 g/mol. The summed E-state index contributed by atoms with van der Waals surface area (Å²) in [6.45, 7) is 14.0. The molecule has 2 atom stereocenters. The van der Waals surface area contributed by atoms with E-state index in [4.69, 9.17) is 14.2 Å². The number of hydrogen-bond donors (Lipinski definition) is 0. The summed E-state index contributed by atoms with van der Waals surface area (Å²) in [5, 5.41) is 0. The molecule has 184 valence electrons. The smallest absolute Gasteiger partial charge is 0.410 e. The third kappa shape index (κ3) is 7.73. The average molecular weight is 460 g/mol. The molecule has 2 saturated heterocycles. The highest BCUT2D eigenvalue weighted by Gasteiger charge is 2.39. The topological polar surface area (TPSA) is 65.1 Å². The number of ether oxygens (including phenoxy) is 3. The Morgan fingerprint density at radius 1 is 1.03 bits per heavy atom. The van der Waals surface area contributed by atoms with Gasteiger partial charge in [0.25, 0.3) is 0 Å². The summed E-state index contributed by atoms with van der Waals surface area (Å²) in [4.78, 5) is 27.6. The van der Waals surface area contributed by atoms with Crippen molar-refractivity contribution in [3.63, 3.8) is 0 Å². The highest BCUT2D eigenvalue weighted by Crippen LogP contribution is 2.32. The minimum Gasteiger partial charge on any atom is -0.460 e. The Labute approximate surface area is 199 Å². The standard InChI is InChI=1S/C27H41NO5/c1-26(2,3)32-24(29)23(22-10-13-28(18-22)25(30)33-27(4,5)6)17-19-8-7-9-21(16-19)20-11-14-31-15-12-20/h7-9,16,20,22-23H,10-15,17-18H2,1-6H3/t22-,23-/m0/s1. The summed E-state index contributed by atoms with van der Waals surface area (Å²) in [5.41, 5.74) is 1.37. The maximum Gasteiger partial charge on any atom is 0.410 e. The molecule has 2 aliphatic rings. The molecule has 3 rings (SSSR count). The van der Waals surface area contributed by atoms with Crippen molar-refractivity contribution in [1.82, 2.24) is 4.90 Å². The molecule has 0 N–H and O–H groups in total. The molecule has 0 spiro atoms. The van der Waals surface area contributed by atoms with E-state index in [2.05, 4.69) is 24.3 Å². The van der Waals surface area contributed by atoms with Crippen LogP contribution in [-0.2, 0) is 25.4 Å². The number of amides is 1. The van der Waals surface area contributed by atoms with E-state index in [-0.39, 0.29) is 23.9 Å². The van der Waals surface area contributed by atoms with Gasteiger partial charge in [-0.15, -0.1) is 0 Å². The second-order valence-electron chi connectivity index (χ2n) is 11.5. The zero-order chi connectivity index (χ0) is 24.2. The first-order valence-corrected chi connectivity index (χ1v) is 12.3. The highest BCUT2D eigenvalue weighted by atomic mass is 16.6. The average Bonchev–Trinajstić information content (AvgIpc) is 3.20. The Kier molecular flexibility index (Phi) is 8.09. The third-order valence-electron chi connectivity index (χ3n) is 6.25. The lowest BCUT2D eigenvalue weighted by molar-refractivity contribution is -0.161. The zero-order valence-corrected chi connectivity index (χ0v) is 21.2. The molecule has 1 aromatic carbocycles. The number of likely N-dealkylation sites (tertiary alicyclic amines) is 1. The second-order valence-corrected chi connectivity index (χ2v) is 11.5. The minimum atomic E-state index is -0.553. The van der Waals surface area contributed by atoms with E-state index in [9.17, 15) is 9.59 Å². The van der Waals surface area contributed by atoms with Crippen LogP contribution in [0.1, 0.15) is 77.8 Å². The zero-order valence-electron chi connectivity index (χ0n) is 21.2. The molecule has 0 saturated carbocycles. The van der Waals surface area contributed by atoms with Gasteiger partial charge in [0, 0.05) is 26.3 Å². The number of hydrogen-bond acceptors (Lipinski definition) is 5. The van der Waals surface area contributed by atoms with Gasteiger partial charge in [-0.3, -0.25) is 4.79 Å². The van der Waals surface area contributed by atoms with Gasteiger partial charge in [0.05, 0.1) is 5.92 Å². The minimum absolute atomic E-state index is 0.0408. The fraction of sp³-hybridized carbons (Fsp3) is 0.704. The number of esters is 1. The van der Waals surface area contributed by atoms with Gasteiger partial charge in [0.2, 0.25) is 0 Å². The second kappa shape index (κ2) is 10.5. The molecule has 0 aliphatic carbocycles. The summed E-state index contributed by atoms with van der Waals surface area (Å²) in [7, 11) is 0. The number of carbonyl (C=O) groups excluding carboxylic acids is 2. The normalized spacial score (nSPS) is 21.0. The van der Waals surface area contributed by atoms with Crippen LogP contribution in [0.3, 0.4) is 0 Å². The van der Waals surface area contributed by atoms with Crippen molar-refractivity contribution in [2.75, 3.05) is 26.3 Å². The molecule has 0 radical (unpaired) electrons. The van der Waals surface area contributed by atoms with Crippen molar-refractivity contribution in [3.8, 4) is 0 Å². The molecule has 33 heavy (non-hydrogen) atoms. The fourth-order valence-corrected chi connectivity index (χ4v) is 4.69. The van der Waals surface area contributed by atoms with Gasteiger partial charge in [0.1, 0.15) is 11.2 Å². The molecule has 2 heterocycles. The highest BCUT2D eigenvalue weighted by molar-refractivity contribution is 5.74. The van der Waals surface area contributed by atoms with Gasteiger partial charge in [-0.25, -0.2) is 4.79 Å². The van der Waals surface area contributed by atoms with E-state index in [0.717, 1.165) is 38.0 Å². The van der Waals surface area contributed by atoms with Crippen molar-refractivity contribution >= 4 is 12.1 Å². The third-order valence-corrected chi connectivity index (χ3v) is 6.25. The van der Waals surface area contributed by atoms with Crippen LogP contribution in [0.5, 0.6) is 0 Å². The van der Waals surface area contributed by atoms with Crippen LogP contribution in [0.2, 0.25) is 0 Å². The molecule has 1 amide bonds. The van der Waals surface area contributed by atoms with Crippen LogP contribution in [0.4, 0.5) is 4.79 Å². The molecule has 2 aliphatic heterocycles. The molecule has 0 unspecified atom stereocenters. The van der Waals surface area contributed by atoms with E-state index in [1.165, 1.54) is 5.56 Å². The van der Waals surface area contributed by atoms with Gasteiger partial charge in [-0.1, -0.05) is 24.3 Å². The lowest BCUT2D eigenvalue weighted by atomic mass is 9.84. The van der Waals surface area contributed by atoms with Crippen LogP contribution in [0.15, 0.2) is 24.3 Å². The Hall–Kier alpha value is -2.08. The van der Waals surface area contributed by atoms with Gasteiger partial charge in [-0.05, 0) is 90.2 Å². The van der Waals surface area contributed by atoms with Crippen molar-refractivity contribution in [1.29, 1.82) is 0 Å². The SMILES string of the molecule is CC(C)(C)OC(=O)[C@@H](Cc1cccc(C2CCOCC2)c1)[C@H]1CCN(C(=O)OC(C)(C)C)C1. The van der Waals surface area contributed by atoms with Crippen molar-refractivity contribution in [3.05, 3.63) is 35.4 Å². The first kappa shape index (κ1) is 25.5. The van der Waals surface area contributed by atoms with E-state index >= 15 is 0 Å². The fourth-order valence-electron chi connectivity index (χ4n) is 4.69. The van der Waals surface area contributed by atoms with Gasteiger partial charge in [-0.2, -0.15) is 0 Å². The molecular formula is C27H41NO5. The molecule has 1 aromatic rings. The van der Waals surface area contributed by atoms with Crippen LogP contribution < -0.4 is 0 Å². The van der Waals surface area contributed by atoms with Crippen LogP contribution in [0, 0.1) is 11.8 Å². The van der Waals surface area contributed by atoms with Crippen molar-refractivity contribution in [2.45, 2.75) is 84.3 Å². The Bertz CT molecular complexity index is 817. The summed E-state index contributed by atoms with van der Waals surface area (Å²) >= 11 is 0. The maximum atomic E-state index is 13.3. The van der Waals surface area contributed by atoms with Gasteiger partial charge >= 0.3 is 12.1 Å². The Balaban J connectivity index is 1.75. The predicted molar refractivity (Wildman–Crippen MR) is 128 cm³/mol. The van der Waals surface area contributed by atoms with Crippen molar-refractivity contribution < 1.29 is 23.8 Å². The number of carbonyl (C=O) groups is 2. The number of benzene rings is 1. The first-order valence-electron chi connectivity index (χ1n) is 12.3. The summed E-state index contributed by atoms with van der Waals surface area (Å²) in [6, 6.07) is 8.62. The van der Waals surface area contributed by atoms with Crippen LogP contribution >= 0.6 is 0 Å². The van der Waals surface area contributed by atoms with E-state index < -0.39 is 11.2 Å². The monoisotopic (exact) mass is 459 g/mol. The van der Waals surface area contributed by atoms with E-state index in [1.54, 1.807) is 4.90 Å². The lowest BCUT2D eigenvalue weighted by Crippen LogP contribution is -2.38.